The Hall–Kier alpha value is -3.51. The Morgan fingerprint density at radius 3 is 2.67 bits per heavy atom. The van der Waals surface area contributed by atoms with Crippen molar-refractivity contribution >= 4 is 33.8 Å². The van der Waals surface area contributed by atoms with Crippen molar-refractivity contribution in [2.75, 3.05) is 43.2 Å². The number of aryl methyl sites for hydroxylation is 2. The number of benzene rings is 1. The van der Waals surface area contributed by atoms with Crippen LogP contribution >= 0.6 is 11.3 Å². The van der Waals surface area contributed by atoms with Crippen molar-refractivity contribution in [3.8, 4) is 11.5 Å². The lowest BCUT2D eigenvalue weighted by atomic mass is 10.1. The van der Waals surface area contributed by atoms with Crippen LogP contribution in [0.1, 0.15) is 16.1 Å². The van der Waals surface area contributed by atoms with Crippen LogP contribution in [-0.4, -0.2) is 57.7 Å². The highest BCUT2D eigenvalue weighted by atomic mass is 32.1. The number of fused-ring (bicyclic) bond motifs is 1. The van der Waals surface area contributed by atoms with E-state index >= 15 is 0 Å². The van der Waals surface area contributed by atoms with Crippen LogP contribution in [0.2, 0.25) is 0 Å². The molecular formula is C21H23N7O4S. The predicted molar refractivity (Wildman–Crippen MR) is 124 cm³/mol. The standard InChI is InChI=1S/C21H23N7O4S/c1-13-14(2)33-21(24-13)25-19-18(28(29)30)20(23-11-22-19)27-7-5-26(6-8-27)10-15-3-4-16-17(9-15)32-12-31-16/h3-4,9,11H,5-8,10,12H2,1-2H3,(H,22,23,24,25). The molecule has 1 aromatic carbocycles. The van der Waals surface area contributed by atoms with Gasteiger partial charge in [-0.25, -0.2) is 15.0 Å². The summed E-state index contributed by atoms with van der Waals surface area (Å²) in [6.45, 7) is 7.64. The van der Waals surface area contributed by atoms with E-state index in [0.29, 0.717) is 24.0 Å². The fraction of sp³-hybridized carbons (Fsp3) is 0.381. The van der Waals surface area contributed by atoms with Gasteiger partial charge in [0, 0.05) is 37.6 Å². The van der Waals surface area contributed by atoms with Gasteiger partial charge in [-0.15, -0.1) is 11.3 Å². The van der Waals surface area contributed by atoms with Gasteiger partial charge < -0.3 is 19.7 Å². The Balaban J connectivity index is 1.29. The van der Waals surface area contributed by atoms with Crippen molar-refractivity contribution in [2.24, 2.45) is 0 Å². The van der Waals surface area contributed by atoms with E-state index in [1.807, 2.05) is 36.9 Å². The molecule has 0 unspecified atom stereocenters. The van der Waals surface area contributed by atoms with Gasteiger partial charge in [-0.2, -0.15) is 0 Å². The minimum absolute atomic E-state index is 0.132. The lowest BCUT2D eigenvalue weighted by molar-refractivity contribution is -0.383. The summed E-state index contributed by atoms with van der Waals surface area (Å²) in [5.41, 5.74) is 1.89. The largest absolute Gasteiger partial charge is 0.454 e. The maximum Gasteiger partial charge on any atom is 0.353 e. The van der Waals surface area contributed by atoms with Crippen LogP contribution in [0, 0.1) is 24.0 Å². The van der Waals surface area contributed by atoms with Gasteiger partial charge in [0.05, 0.1) is 10.6 Å². The number of hydrogen-bond acceptors (Lipinski definition) is 11. The van der Waals surface area contributed by atoms with Crippen molar-refractivity contribution in [3.05, 3.63) is 50.8 Å². The average Bonchev–Trinajstić information content (AvgIpc) is 3.39. The number of nitro groups is 1. The summed E-state index contributed by atoms with van der Waals surface area (Å²) in [4.78, 5) is 29.6. The zero-order valence-electron chi connectivity index (χ0n) is 18.3. The first-order chi connectivity index (χ1) is 16.0. The number of anilines is 3. The van der Waals surface area contributed by atoms with E-state index in [1.165, 1.54) is 17.7 Å². The summed E-state index contributed by atoms with van der Waals surface area (Å²) < 4.78 is 10.8. The number of hydrogen-bond donors (Lipinski definition) is 1. The molecule has 5 rings (SSSR count). The summed E-state index contributed by atoms with van der Waals surface area (Å²) in [6, 6.07) is 5.97. The number of nitrogens with zero attached hydrogens (tertiary/aromatic N) is 6. The second-order valence-corrected chi connectivity index (χ2v) is 9.09. The average molecular weight is 470 g/mol. The van der Waals surface area contributed by atoms with Crippen LogP contribution in [-0.2, 0) is 6.54 Å². The Bertz CT molecular complexity index is 1170. The second kappa shape index (κ2) is 8.79. The molecule has 3 aromatic rings. The second-order valence-electron chi connectivity index (χ2n) is 7.89. The van der Waals surface area contributed by atoms with Crippen LogP contribution in [0.3, 0.4) is 0 Å². The molecule has 12 heteroatoms. The maximum atomic E-state index is 12.0. The van der Waals surface area contributed by atoms with Gasteiger partial charge in [-0.05, 0) is 31.5 Å². The fourth-order valence-electron chi connectivity index (χ4n) is 3.90. The molecule has 0 amide bonds. The predicted octanol–water partition coefficient (Wildman–Crippen LogP) is 3.25. The van der Waals surface area contributed by atoms with E-state index in [1.54, 1.807) is 0 Å². The first-order valence-electron chi connectivity index (χ1n) is 10.5. The van der Waals surface area contributed by atoms with Gasteiger partial charge in [0.15, 0.2) is 16.6 Å². The molecule has 0 radical (unpaired) electrons. The van der Waals surface area contributed by atoms with Crippen LogP contribution in [0.5, 0.6) is 11.5 Å². The molecule has 33 heavy (non-hydrogen) atoms. The molecule has 11 nitrogen and oxygen atoms in total. The monoisotopic (exact) mass is 469 g/mol. The molecule has 2 aliphatic heterocycles. The molecule has 1 saturated heterocycles. The fourth-order valence-corrected chi connectivity index (χ4v) is 4.72. The van der Waals surface area contributed by atoms with Gasteiger partial charge >= 0.3 is 5.69 Å². The van der Waals surface area contributed by atoms with Crippen molar-refractivity contribution < 1.29 is 14.4 Å². The third-order valence-electron chi connectivity index (χ3n) is 5.75. The molecule has 0 atom stereocenters. The van der Waals surface area contributed by atoms with Crippen molar-refractivity contribution in [1.82, 2.24) is 19.9 Å². The van der Waals surface area contributed by atoms with Gasteiger partial charge in [0.1, 0.15) is 6.33 Å². The molecule has 0 saturated carbocycles. The van der Waals surface area contributed by atoms with Crippen LogP contribution in [0.25, 0.3) is 0 Å². The minimum Gasteiger partial charge on any atom is -0.454 e. The van der Waals surface area contributed by atoms with Gasteiger partial charge in [0.25, 0.3) is 0 Å². The number of nitrogens with one attached hydrogen (secondary N) is 1. The first kappa shape index (κ1) is 21.3. The molecule has 0 aliphatic carbocycles. The molecule has 2 aromatic heterocycles. The highest BCUT2D eigenvalue weighted by Gasteiger charge is 2.30. The number of rotatable bonds is 6. The highest BCUT2D eigenvalue weighted by molar-refractivity contribution is 7.15. The summed E-state index contributed by atoms with van der Waals surface area (Å²) in [6.07, 6.45) is 1.36. The molecule has 1 fully saturated rings. The first-order valence-corrected chi connectivity index (χ1v) is 11.4. The van der Waals surface area contributed by atoms with Crippen LogP contribution in [0.15, 0.2) is 24.5 Å². The number of ether oxygens (including phenoxy) is 2. The van der Waals surface area contributed by atoms with Gasteiger partial charge in [-0.3, -0.25) is 15.0 Å². The Labute approximate surface area is 194 Å². The lowest BCUT2D eigenvalue weighted by Crippen LogP contribution is -2.46. The van der Waals surface area contributed by atoms with Crippen molar-refractivity contribution in [1.29, 1.82) is 0 Å². The maximum absolute atomic E-state index is 12.0. The zero-order valence-corrected chi connectivity index (χ0v) is 19.1. The van der Waals surface area contributed by atoms with E-state index in [0.717, 1.165) is 47.3 Å². The van der Waals surface area contributed by atoms with E-state index < -0.39 is 4.92 Å². The number of aromatic nitrogens is 3. The third kappa shape index (κ3) is 4.39. The van der Waals surface area contributed by atoms with E-state index in [9.17, 15) is 10.1 Å². The summed E-state index contributed by atoms with van der Waals surface area (Å²) in [5, 5.41) is 15.5. The molecule has 0 spiro atoms. The Morgan fingerprint density at radius 2 is 1.94 bits per heavy atom. The number of piperazine rings is 1. The summed E-state index contributed by atoms with van der Waals surface area (Å²) in [5.74, 6) is 2.02. The van der Waals surface area contributed by atoms with Crippen molar-refractivity contribution in [3.63, 3.8) is 0 Å². The summed E-state index contributed by atoms with van der Waals surface area (Å²) >= 11 is 1.44. The van der Waals surface area contributed by atoms with Gasteiger partial charge in [-0.1, -0.05) is 6.07 Å². The van der Waals surface area contributed by atoms with E-state index in [2.05, 4.69) is 25.2 Å². The van der Waals surface area contributed by atoms with Crippen molar-refractivity contribution in [2.45, 2.75) is 20.4 Å². The molecule has 2 aliphatic rings. The lowest BCUT2D eigenvalue weighted by Gasteiger charge is -2.35. The summed E-state index contributed by atoms with van der Waals surface area (Å²) in [7, 11) is 0. The van der Waals surface area contributed by atoms with Crippen LogP contribution < -0.4 is 19.7 Å². The van der Waals surface area contributed by atoms with E-state index in [4.69, 9.17) is 9.47 Å². The normalized spacial score (nSPS) is 15.6. The zero-order chi connectivity index (χ0) is 22.9. The molecular weight excluding hydrogens is 446 g/mol. The smallest absolute Gasteiger partial charge is 0.353 e. The topological polar surface area (TPSA) is 119 Å². The number of thiazole rings is 1. The third-order valence-corrected chi connectivity index (χ3v) is 6.74. The molecule has 1 N–H and O–H groups in total. The molecule has 172 valence electrons. The molecule has 4 heterocycles. The highest BCUT2D eigenvalue weighted by Crippen LogP contribution is 2.36. The Kier molecular flexibility index (Phi) is 5.68. The van der Waals surface area contributed by atoms with E-state index in [-0.39, 0.29) is 18.3 Å². The minimum atomic E-state index is -0.427. The molecule has 0 bridgehead atoms. The SMILES string of the molecule is Cc1nc(Nc2ncnc(N3CCN(Cc4ccc5c(c4)OCO5)CC3)c2[N+](=O)[O-])sc1C. The van der Waals surface area contributed by atoms with Gasteiger partial charge in [0.2, 0.25) is 18.4 Å². The van der Waals surface area contributed by atoms with Crippen LogP contribution in [0.4, 0.5) is 22.5 Å². The Morgan fingerprint density at radius 1 is 1.15 bits per heavy atom. The quantitative estimate of drug-likeness (QED) is 0.425.